The number of aryl methyl sites for hydroxylation is 2. The van der Waals surface area contributed by atoms with Gasteiger partial charge in [-0.2, -0.15) is 5.26 Å². The number of nitrogens with one attached hydrogen (secondary N) is 1. The zero-order valence-electron chi connectivity index (χ0n) is 10.9. The number of amides is 1. The maximum atomic E-state index is 11.9. The van der Waals surface area contributed by atoms with Crippen LogP contribution >= 0.6 is 11.3 Å². The van der Waals surface area contributed by atoms with Crippen LogP contribution in [0.15, 0.2) is 16.9 Å². The van der Waals surface area contributed by atoms with Crippen LogP contribution in [0.5, 0.6) is 0 Å². The first kappa shape index (κ1) is 13.9. The molecule has 0 saturated carbocycles. The summed E-state index contributed by atoms with van der Waals surface area (Å²) in [5.41, 5.74) is 0.142. The highest BCUT2D eigenvalue weighted by Crippen LogP contribution is 2.13. The SMILES string of the molecule is Cc1nnc(NC(=O)Cn2c(C)ccc(C#N)c2=O)s1. The van der Waals surface area contributed by atoms with Crippen LogP contribution in [0, 0.1) is 25.2 Å². The smallest absolute Gasteiger partial charge is 0.269 e. The summed E-state index contributed by atoms with van der Waals surface area (Å²) in [6, 6.07) is 4.88. The Kier molecular flexibility index (Phi) is 3.91. The Morgan fingerprint density at radius 2 is 2.20 bits per heavy atom. The normalized spacial score (nSPS) is 10.1. The van der Waals surface area contributed by atoms with Crippen LogP contribution < -0.4 is 10.9 Å². The van der Waals surface area contributed by atoms with Gasteiger partial charge in [0.05, 0.1) is 0 Å². The summed E-state index contributed by atoms with van der Waals surface area (Å²) in [6.07, 6.45) is 0. The Morgan fingerprint density at radius 1 is 1.45 bits per heavy atom. The lowest BCUT2D eigenvalue weighted by atomic mass is 10.2. The van der Waals surface area contributed by atoms with E-state index in [0.717, 1.165) is 5.01 Å². The van der Waals surface area contributed by atoms with Crippen molar-refractivity contribution in [2.45, 2.75) is 20.4 Å². The fourth-order valence-corrected chi connectivity index (χ4v) is 2.21. The Bertz CT molecular complexity index is 756. The lowest BCUT2D eigenvalue weighted by Gasteiger charge is -2.09. The van der Waals surface area contributed by atoms with E-state index in [0.29, 0.717) is 10.8 Å². The van der Waals surface area contributed by atoms with Crippen molar-refractivity contribution in [1.29, 1.82) is 5.26 Å². The van der Waals surface area contributed by atoms with E-state index < -0.39 is 5.56 Å². The van der Waals surface area contributed by atoms with Crippen LogP contribution in [-0.4, -0.2) is 20.7 Å². The summed E-state index contributed by atoms with van der Waals surface area (Å²) in [4.78, 5) is 23.8. The topological polar surface area (TPSA) is 101 Å². The van der Waals surface area contributed by atoms with Gasteiger partial charge in [0.1, 0.15) is 23.2 Å². The molecule has 2 aromatic rings. The number of nitrogens with zero attached hydrogens (tertiary/aromatic N) is 4. The zero-order chi connectivity index (χ0) is 14.7. The van der Waals surface area contributed by atoms with Gasteiger partial charge in [-0.15, -0.1) is 10.2 Å². The Morgan fingerprint density at radius 3 is 2.80 bits per heavy atom. The van der Waals surface area contributed by atoms with Crippen molar-refractivity contribution in [3.8, 4) is 6.07 Å². The molecule has 2 rings (SSSR count). The molecule has 0 aliphatic heterocycles. The third-order valence-electron chi connectivity index (χ3n) is 2.59. The van der Waals surface area contributed by atoms with E-state index in [1.54, 1.807) is 26.0 Å². The van der Waals surface area contributed by atoms with Crippen molar-refractivity contribution >= 4 is 22.4 Å². The number of carbonyl (C=O) groups excluding carboxylic acids is 1. The molecule has 0 atom stereocenters. The summed E-state index contributed by atoms with van der Waals surface area (Å²) in [6.45, 7) is 3.31. The van der Waals surface area contributed by atoms with Gasteiger partial charge in [-0.3, -0.25) is 14.9 Å². The Labute approximate surface area is 118 Å². The quantitative estimate of drug-likeness (QED) is 0.901. The van der Waals surface area contributed by atoms with E-state index in [9.17, 15) is 9.59 Å². The lowest BCUT2D eigenvalue weighted by molar-refractivity contribution is -0.116. The van der Waals surface area contributed by atoms with E-state index in [1.165, 1.54) is 22.0 Å². The molecule has 0 radical (unpaired) electrons. The molecule has 20 heavy (non-hydrogen) atoms. The molecular formula is C12H11N5O2S. The third-order valence-corrected chi connectivity index (χ3v) is 3.34. The first-order chi connectivity index (χ1) is 9.51. The van der Waals surface area contributed by atoms with Gasteiger partial charge >= 0.3 is 0 Å². The van der Waals surface area contributed by atoms with Crippen LogP contribution in [0.2, 0.25) is 0 Å². The standard InChI is InChI=1S/C12H11N5O2S/c1-7-3-4-9(5-13)11(19)17(7)6-10(18)14-12-16-15-8(2)20-12/h3-4H,6H2,1-2H3,(H,14,16,18). The summed E-state index contributed by atoms with van der Waals surface area (Å²) >= 11 is 1.25. The van der Waals surface area contributed by atoms with Crippen molar-refractivity contribution in [1.82, 2.24) is 14.8 Å². The molecule has 0 unspecified atom stereocenters. The number of aromatic nitrogens is 3. The van der Waals surface area contributed by atoms with Crippen molar-refractivity contribution < 1.29 is 4.79 Å². The van der Waals surface area contributed by atoms with Gasteiger partial charge in [-0.25, -0.2) is 0 Å². The Hall–Kier alpha value is -2.53. The Balaban J connectivity index is 2.20. The van der Waals surface area contributed by atoms with E-state index in [2.05, 4.69) is 15.5 Å². The molecule has 2 heterocycles. The number of rotatable bonds is 3. The van der Waals surface area contributed by atoms with Gasteiger partial charge in [0, 0.05) is 5.69 Å². The molecule has 7 nitrogen and oxygen atoms in total. The second kappa shape index (κ2) is 5.63. The van der Waals surface area contributed by atoms with Crippen molar-refractivity contribution in [3.63, 3.8) is 0 Å². The molecule has 0 saturated heterocycles. The van der Waals surface area contributed by atoms with Crippen molar-refractivity contribution in [2.75, 3.05) is 5.32 Å². The number of pyridine rings is 1. The van der Waals surface area contributed by atoms with E-state index in [1.807, 2.05) is 0 Å². The van der Waals surface area contributed by atoms with Crippen LogP contribution in [0.3, 0.4) is 0 Å². The van der Waals surface area contributed by atoms with E-state index >= 15 is 0 Å². The first-order valence-electron chi connectivity index (χ1n) is 5.71. The highest BCUT2D eigenvalue weighted by atomic mass is 32.1. The second-order valence-electron chi connectivity index (χ2n) is 4.07. The number of nitriles is 1. The number of hydrogen-bond donors (Lipinski definition) is 1. The van der Waals surface area contributed by atoms with Crippen molar-refractivity contribution in [2.24, 2.45) is 0 Å². The number of hydrogen-bond acceptors (Lipinski definition) is 6. The first-order valence-corrected chi connectivity index (χ1v) is 6.53. The average Bonchev–Trinajstić information content (AvgIpc) is 2.80. The number of carbonyl (C=O) groups is 1. The second-order valence-corrected chi connectivity index (χ2v) is 5.25. The van der Waals surface area contributed by atoms with Crippen LogP contribution in [-0.2, 0) is 11.3 Å². The average molecular weight is 289 g/mol. The van der Waals surface area contributed by atoms with E-state index in [4.69, 9.17) is 5.26 Å². The van der Waals surface area contributed by atoms with E-state index in [-0.39, 0.29) is 18.0 Å². The summed E-state index contributed by atoms with van der Waals surface area (Å²) < 4.78 is 1.25. The molecule has 8 heteroatoms. The fourth-order valence-electron chi connectivity index (χ4n) is 1.60. The predicted octanol–water partition coefficient (Wildman–Crippen LogP) is 0.827. The highest BCUT2D eigenvalue weighted by molar-refractivity contribution is 7.15. The van der Waals surface area contributed by atoms with Crippen molar-refractivity contribution in [3.05, 3.63) is 38.8 Å². The minimum Gasteiger partial charge on any atom is -0.302 e. The van der Waals surface area contributed by atoms with Gasteiger partial charge in [-0.05, 0) is 26.0 Å². The maximum absolute atomic E-state index is 11.9. The summed E-state index contributed by atoms with van der Waals surface area (Å²) in [5, 5.41) is 20.1. The molecule has 0 aliphatic rings. The predicted molar refractivity (Wildman–Crippen MR) is 73.4 cm³/mol. The van der Waals surface area contributed by atoms with Gasteiger partial charge in [0.15, 0.2) is 0 Å². The molecule has 102 valence electrons. The molecule has 0 aromatic carbocycles. The van der Waals surface area contributed by atoms with Crippen LogP contribution in [0.4, 0.5) is 5.13 Å². The minimum atomic E-state index is -0.476. The van der Waals surface area contributed by atoms with Gasteiger partial charge in [-0.1, -0.05) is 11.3 Å². The van der Waals surface area contributed by atoms with Crippen LogP contribution in [0.25, 0.3) is 0 Å². The highest BCUT2D eigenvalue weighted by Gasteiger charge is 2.11. The van der Waals surface area contributed by atoms with Gasteiger partial charge < -0.3 is 4.57 Å². The zero-order valence-corrected chi connectivity index (χ0v) is 11.7. The molecule has 0 spiro atoms. The number of anilines is 1. The molecule has 0 fully saturated rings. The third kappa shape index (κ3) is 2.89. The molecular weight excluding hydrogens is 278 g/mol. The summed E-state index contributed by atoms with van der Waals surface area (Å²) in [7, 11) is 0. The van der Waals surface area contributed by atoms with Gasteiger partial charge in [0.2, 0.25) is 11.0 Å². The lowest BCUT2D eigenvalue weighted by Crippen LogP contribution is -2.30. The monoisotopic (exact) mass is 289 g/mol. The molecule has 2 aromatic heterocycles. The van der Waals surface area contributed by atoms with Crippen LogP contribution in [0.1, 0.15) is 16.3 Å². The largest absolute Gasteiger partial charge is 0.302 e. The fraction of sp³-hybridized carbons (Fsp3) is 0.250. The van der Waals surface area contributed by atoms with Gasteiger partial charge in [0.25, 0.3) is 5.56 Å². The molecule has 1 amide bonds. The molecule has 0 aliphatic carbocycles. The summed E-state index contributed by atoms with van der Waals surface area (Å²) in [5.74, 6) is -0.388. The molecule has 0 bridgehead atoms. The molecule has 1 N–H and O–H groups in total. The maximum Gasteiger partial charge on any atom is 0.269 e. The minimum absolute atomic E-state index is 0.00941.